The summed E-state index contributed by atoms with van der Waals surface area (Å²) >= 11 is 1.71. The van der Waals surface area contributed by atoms with Gasteiger partial charge in [-0.2, -0.15) is 0 Å². The van der Waals surface area contributed by atoms with Crippen molar-refractivity contribution in [2.75, 3.05) is 33.4 Å². The zero-order valence-electron chi connectivity index (χ0n) is 13.5. The predicted octanol–water partition coefficient (Wildman–Crippen LogP) is 3.48. The van der Waals surface area contributed by atoms with Crippen molar-refractivity contribution in [3.05, 3.63) is 29.1 Å². The van der Waals surface area contributed by atoms with Crippen LogP contribution in [-0.4, -0.2) is 44.2 Å². The smallest absolute Gasteiger partial charge is 0.248 e. The van der Waals surface area contributed by atoms with Gasteiger partial charge < -0.3 is 14.4 Å². The zero-order valence-corrected chi connectivity index (χ0v) is 14.4. The minimum Gasteiger partial charge on any atom is -0.496 e. The van der Waals surface area contributed by atoms with Gasteiger partial charge in [0.05, 0.1) is 13.7 Å². The van der Waals surface area contributed by atoms with Crippen molar-refractivity contribution in [1.29, 1.82) is 0 Å². The summed E-state index contributed by atoms with van der Waals surface area (Å²) in [6.45, 7) is 2.48. The summed E-state index contributed by atoms with van der Waals surface area (Å²) in [5.74, 6) is 1.01. The second-order valence-corrected chi connectivity index (χ2v) is 6.81. The quantitative estimate of drug-likeness (QED) is 0.760. The van der Waals surface area contributed by atoms with Crippen LogP contribution in [0, 0.1) is 0 Å². The Bertz CT molecular complexity index is 661. The molecular weight excluding hydrogens is 310 g/mol. The molecule has 0 spiro atoms. The summed E-state index contributed by atoms with van der Waals surface area (Å²) in [4.78, 5) is 14.0. The summed E-state index contributed by atoms with van der Waals surface area (Å²) < 4.78 is 12.3. The molecule has 0 radical (unpaired) electrons. The first kappa shape index (κ1) is 16.3. The number of hydrogen-bond acceptors (Lipinski definition) is 4. The molecule has 0 bridgehead atoms. The number of hydrogen-bond donors (Lipinski definition) is 0. The highest BCUT2D eigenvalue weighted by molar-refractivity contribution is 7.17. The third-order valence-corrected chi connectivity index (χ3v) is 5.19. The number of benzene rings is 1. The van der Waals surface area contributed by atoms with E-state index in [1.807, 2.05) is 4.90 Å². The van der Waals surface area contributed by atoms with Crippen molar-refractivity contribution in [2.24, 2.45) is 0 Å². The molecule has 2 aromatic rings. The monoisotopic (exact) mass is 333 g/mol. The van der Waals surface area contributed by atoms with Gasteiger partial charge in [-0.3, -0.25) is 4.79 Å². The molecule has 3 rings (SSSR count). The Balaban J connectivity index is 1.51. The van der Waals surface area contributed by atoms with E-state index in [2.05, 4.69) is 23.6 Å². The summed E-state index contributed by atoms with van der Waals surface area (Å²) in [7, 11) is 1.69. The largest absolute Gasteiger partial charge is 0.496 e. The lowest BCUT2D eigenvalue weighted by Gasteiger charge is -2.26. The van der Waals surface area contributed by atoms with Gasteiger partial charge in [0.1, 0.15) is 12.4 Å². The highest BCUT2D eigenvalue weighted by atomic mass is 32.1. The van der Waals surface area contributed by atoms with Crippen LogP contribution in [0.3, 0.4) is 0 Å². The summed E-state index contributed by atoms with van der Waals surface area (Å²) in [5.41, 5.74) is 1.13. The second kappa shape index (κ2) is 7.79. The van der Waals surface area contributed by atoms with Gasteiger partial charge in [-0.05, 0) is 60.2 Å². The van der Waals surface area contributed by atoms with E-state index >= 15 is 0 Å². The maximum absolute atomic E-state index is 12.1. The lowest BCUT2D eigenvalue weighted by molar-refractivity contribution is -0.137. The summed E-state index contributed by atoms with van der Waals surface area (Å²) in [5, 5.41) is 3.32. The fourth-order valence-electron chi connectivity index (χ4n) is 3.00. The van der Waals surface area contributed by atoms with Crippen LogP contribution in [0.25, 0.3) is 10.1 Å². The van der Waals surface area contributed by atoms with Gasteiger partial charge in [-0.15, -0.1) is 11.3 Å². The molecule has 0 unspecified atom stereocenters. The van der Waals surface area contributed by atoms with E-state index in [1.165, 1.54) is 16.5 Å². The van der Waals surface area contributed by atoms with Crippen LogP contribution in [0.2, 0.25) is 0 Å². The molecule has 1 aliphatic heterocycles. The van der Waals surface area contributed by atoms with Gasteiger partial charge in [0.15, 0.2) is 0 Å². The number of nitrogens with zero attached hydrogens (tertiary/aromatic N) is 1. The lowest BCUT2D eigenvalue weighted by Crippen LogP contribution is -2.38. The third kappa shape index (κ3) is 4.03. The summed E-state index contributed by atoms with van der Waals surface area (Å²) in [6.07, 6.45) is 4.21. The lowest BCUT2D eigenvalue weighted by atomic mass is 10.1. The average molecular weight is 333 g/mol. The molecule has 4 nitrogen and oxygen atoms in total. The maximum Gasteiger partial charge on any atom is 0.248 e. The van der Waals surface area contributed by atoms with Crippen molar-refractivity contribution in [3.63, 3.8) is 0 Å². The van der Waals surface area contributed by atoms with E-state index in [1.54, 1.807) is 18.4 Å². The number of carbonyl (C=O) groups is 1. The summed E-state index contributed by atoms with van der Waals surface area (Å²) in [6, 6.07) is 6.35. The van der Waals surface area contributed by atoms with E-state index in [4.69, 9.17) is 9.47 Å². The van der Waals surface area contributed by atoms with E-state index in [-0.39, 0.29) is 12.5 Å². The zero-order chi connectivity index (χ0) is 16.1. The van der Waals surface area contributed by atoms with Crippen LogP contribution in [0.4, 0.5) is 0 Å². The van der Waals surface area contributed by atoms with Crippen molar-refractivity contribution in [2.45, 2.75) is 25.7 Å². The minimum absolute atomic E-state index is 0.116. The molecule has 1 amide bonds. The van der Waals surface area contributed by atoms with Crippen LogP contribution in [0.15, 0.2) is 23.6 Å². The van der Waals surface area contributed by atoms with E-state index in [0.29, 0.717) is 6.61 Å². The number of likely N-dealkylation sites (tertiary alicyclic amines) is 1. The standard InChI is InChI=1S/C18H23NO3S/c1-21-16-12-17-15(6-10-23-17)11-14(16)5-9-22-13-18(20)19-7-3-2-4-8-19/h6,10-12H,2-5,7-9,13H2,1H3. The molecule has 0 N–H and O–H groups in total. The number of piperidine rings is 1. The van der Waals surface area contributed by atoms with Gasteiger partial charge in [-0.25, -0.2) is 0 Å². The van der Waals surface area contributed by atoms with Crippen LogP contribution >= 0.6 is 11.3 Å². The molecule has 0 aliphatic carbocycles. The number of ether oxygens (including phenoxy) is 2. The van der Waals surface area contributed by atoms with Crippen LogP contribution < -0.4 is 4.74 Å². The molecule has 124 valence electrons. The minimum atomic E-state index is 0.116. The molecule has 1 fully saturated rings. The van der Waals surface area contributed by atoms with Gasteiger partial charge >= 0.3 is 0 Å². The number of methoxy groups -OCH3 is 1. The number of carbonyl (C=O) groups excluding carboxylic acids is 1. The van der Waals surface area contributed by atoms with E-state index < -0.39 is 0 Å². The van der Waals surface area contributed by atoms with E-state index in [0.717, 1.165) is 43.7 Å². The molecule has 5 heteroatoms. The molecule has 23 heavy (non-hydrogen) atoms. The van der Waals surface area contributed by atoms with Crippen LogP contribution in [-0.2, 0) is 16.0 Å². The van der Waals surface area contributed by atoms with Crippen molar-refractivity contribution in [3.8, 4) is 5.75 Å². The molecule has 1 aliphatic rings. The van der Waals surface area contributed by atoms with Crippen LogP contribution in [0.5, 0.6) is 5.75 Å². The normalized spacial score (nSPS) is 15.1. The fraction of sp³-hybridized carbons (Fsp3) is 0.500. The Labute approximate surface area is 141 Å². The van der Waals surface area contributed by atoms with E-state index in [9.17, 15) is 4.79 Å². The Morgan fingerprint density at radius 3 is 2.87 bits per heavy atom. The van der Waals surface area contributed by atoms with Gasteiger partial charge in [0.2, 0.25) is 5.91 Å². The number of rotatable bonds is 6. The van der Waals surface area contributed by atoms with Gasteiger partial charge in [0, 0.05) is 17.8 Å². The first-order valence-corrected chi connectivity index (χ1v) is 9.05. The molecular formula is C18H23NO3S. The third-order valence-electron chi connectivity index (χ3n) is 4.31. The molecule has 1 aromatic carbocycles. The first-order chi connectivity index (χ1) is 11.3. The van der Waals surface area contributed by atoms with Gasteiger partial charge in [-0.1, -0.05) is 0 Å². The molecule has 2 heterocycles. The Hall–Kier alpha value is -1.59. The van der Waals surface area contributed by atoms with Crippen molar-refractivity contribution < 1.29 is 14.3 Å². The Kier molecular flexibility index (Phi) is 5.51. The maximum atomic E-state index is 12.1. The highest BCUT2D eigenvalue weighted by Gasteiger charge is 2.16. The van der Waals surface area contributed by atoms with Crippen molar-refractivity contribution >= 4 is 27.3 Å². The SMILES string of the molecule is COc1cc2sccc2cc1CCOCC(=O)N1CCCCC1. The Morgan fingerprint density at radius 2 is 2.09 bits per heavy atom. The molecule has 1 saturated heterocycles. The topological polar surface area (TPSA) is 38.8 Å². The number of thiophene rings is 1. The number of amides is 1. The highest BCUT2D eigenvalue weighted by Crippen LogP contribution is 2.29. The average Bonchev–Trinajstić information content (AvgIpc) is 3.05. The molecule has 0 saturated carbocycles. The molecule has 0 atom stereocenters. The predicted molar refractivity (Wildman–Crippen MR) is 93.3 cm³/mol. The number of fused-ring (bicyclic) bond motifs is 1. The van der Waals surface area contributed by atoms with Crippen LogP contribution in [0.1, 0.15) is 24.8 Å². The van der Waals surface area contributed by atoms with Crippen molar-refractivity contribution in [1.82, 2.24) is 4.90 Å². The van der Waals surface area contributed by atoms with Gasteiger partial charge in [0.25, 0.3) is 0 Å². The Morgan fingerprint density at radius 1 is 1.26 bits per heavy atom. The molecule has 1 aromatic heterocycles. The second-order valence-electron chi connectivity index (χ2n) is 5.87. The first-order valence-electron chi connectivity index (χ1n) is 8.17. The fourth-order valence-corrected chi connectivity index (χ4v) is 3.80.